The summed E-state index contributed by atoms with van der Waals surface area (Å²) in [5, 5.41) is 9.32. The van der Waals surface area contributed by atoms with Gasteiger partial charge in [0.2, 0.25) is 6.10 Å². The Morgan fingerprint density at radius 3 is 2.71 bits per heavy atom. The monoisotopic (exact) mass is 200 g/mol. The molecule has 1 amide bonds. The van der Waals surface area contributed by atoms with Crippen LogP contribution in [0.25, 0.3) is 0 Å². The van der Waals surface area contributed by atoms with Crippen molar-refractivity contribution in [2.75, 3.05) is 13.1 Å². The van der Waals surface area contributed by atoms with Crippen LogP contribution in [0.5, 0.6) is 0 Å². The normalized spacial score (nSPS) is 22.9. The van der Waals surface area contributed by atoms with Gasteiger partial charge in [0.05, 0.1) is 13.1 Å². The van der Waals surface area contributed by atoms with Crippen molar-refractivity contribution in [3.05, 3.63) is 6.42 Å². The van der Waals surface area contributed by atoms with E-state index < -0.39 is 11.7 Å². The van der Waals surface area contributed by atoms with Gasteiger partial charge in [0, 0.05) is 0 Å². The molecule has 80 valence electrons. The minimum atomic E-state index is -0.517. The van der Waals surface area contributed by atoms with Gasteiger partial charge in [0.15, 0.2) is 0 Å². The van der Waals surface area contributed by atoms with Crippen molar-refractivity contribution in [2.24, 2.45) is 0 Å². The third-order valence-electron chi connectivity index (χ3n) is 1.90. The molecule has 1 saturated heterocycles. The molecule has 4 nitrogen and oxygen atoms in total. The van der Waals surface area contributed by atoms with E-state index in [4.69, 9.17) is 4.74 Å². The highest BCUT2D eigenvalue weighted by Gasteiger charge is 2.30. The van der Waals surface area contributed by atoms with Crippen LogP contribution >= 0.6 is 0 Å². The molecule has 0 spiro atoms. The topological polar surface area (TPSA) is 49.8 Å². The Bertz CT molecular complexity index is 210. The van der Waals surface area contributed by atoms with Crippen LogP contribution in [-0.2, 0) is 4.74 Å². The number of β-amino-alcohol motifs (C(OH)–C–C–N with tert-alkyl or cyclic N) is 1. The molecule has 1 aliphatic heterocycles. The fraction of sp³-hybridized carbons (Fsp3) is 0.800. The second-order valence-electron chi connectivity index (χ2n) is 4.52. The third kappa shape index (κ3) is 3.46. The first-order valence-electron chi connectivity index (χ1n) is 4.88. The number of amides is 1. The van der Waals surface area contributed by atoms with Gasteiger partial charge in [0.25, 0.3) is 0 Å². The van der Waals surface area contributed by atoms with E-state index in [1.54, 1.807) is 6.42 Å². The molecule has 1 rings (SSSR count). The smallest absolute Gasteiger partial charge is 0.410 e. The Morgan fingerprint density at radius 1 is 1.57 bits per heavy atom. The van der Waals surface area contributed by atoms with Crippen molar-refractivity contribution in [3.63, 3.8) is 0 Å². The summed E-state index contributed by atoms with van der Waals surface area (Å²) in [6.45, 7) is 6.47. The zero-order valence-electron chi connectivity index (χ0n) is 8.99. The second kappa shape index (κ2) is 4.09. The third-order valence-corrected chi connectivity index (χ3v) is 1.90. The largest absolute Gasteiger partial charge is 0.444 e. The maximum absolute atomic E-state index is 11.5. The molecule has 0 saturated carbocycles. The van der Waals surface area contributed by atoms with Gasteiger partial charge in [0.1, 0.15) is 18.4 Å². The van der Waals surface area contributed by atoms with Crippen molar-refractivity contribution in [1.82, 2.24) is 4.90 Å². The number of rotatable bonds is 0. The van der Waals surface area contributed by atoms with Crippen LogP contribution in [-0.4, -0.2) is 40.9 Å². The molecule has 0 bridgehead atoms. The molecule has 1 heterocycles. The standard InChI is InChI=1S/C10H18NO3/c1-10(2,3)14-9(13)11-6-4-5-8(12)7-11/h5,8,12H,4,6-7H2,1-3H3/q+1/t8-/m1/s1. The van der Waals surface area contributed by atoms with Crippen molar-refractivity contribution >= 4 is 6.09 Å². The second-order valence-corrected chi connectivity index (χ2v) is 4.52. The minimum Gasteiger partial charge on any atom is -0.444 e. The van der Waals surface area contributed by atoms with Crippen LogP contribution in [0.2, 0.25) is 0 Å². The number of aliphatic hydroxyl groups excluding tert-OH is 1. The zero-order chi connectivity index (χ0) is 10.8. The van der Waals surface area contributed by atoms with E-state index in [9.17, 15) is 9.90 Å². The number of carbonyl (C=O) groups is 1. The summed E-state index contributed by atoms with van der Waals surface area (Å²) < 4.78 is 5.19. The number of ether oxygens (including phenoxy) is 1. The van der Waals surface area contributed by atoms with Gasteiger partial charge in [-0.2, -0.15) is 0 Å². The van der Waals surface area contributed by atoms with Crippen LogP contribution in [0.15, 0.2) is 0 Å². The molecular weight excluding hydrogens is 182 g/mol. The predicted molar refractivity (Wildman–Crippen MR) is 52.7 cm³/mol. The molecular formula is C10H18NO3+. The van der Waals surface area contributed by atoms with Crippen molar-refractivity contribution in [2.45, 2.75) is 38.9 Å². The van der Waals surface area contributed by atoms with E-state index in [1.165, 1.54) is 4.90 Å². The molecule has 1 fully saturated rings. The number of hydrogen-bond acceptors (Lipinski definition) is 3. The van der Waals surface area contributed by atoms with E-state index in [0.717, 1.165) is 6.42 Å². The van der Waals surface area contributed by atoms with E-state index in [2.05, 4.69) is 0 Å². The Morgan fingerprint density at radius 2 is 2.21 bits per heavy atom. The van der Waals surface area contributed by atoms with Crippen molar-refractivity contribution < 1.29 is 14.6 Å². The Balaban J connectivity index is 2.44. The number of piperidine rings is 1. The first kappa shape index (κ1) is 11.2. The van der Waals surface area contributed by atoms with Crippen LogP contribution < -0.4 is 0 Å². The molecule has 1 N–H and O–H groups in total. The highest BCUT2D eigenvalue weighted by molar-refractivity contribution is 5.68. The number of carbonyl (C=O) groups excluding carboxylic acids is 1. The summed E-state index contributed by atoms with van der Waals surface area (Å²) in [5.74, 6) is 0. The average molecular weight is 200 g/mol. The average Bonchev–Trinajstić information content (AvgIpc) is 2.01. The van der Waals surface area contributed by atoms with Crippen LogP contribution in [0.3, 0.4) is 0 Å². The maximum Gasteiger partial charge on any atom is 0.410 e. The molecule has 14 heavy (non-hydrogen) atoms. The maximum atomic E-state index is 11.5. The fourth-order valence-electron chi connectivity index (χ4n) is 1.31. The lowest BCUT2D eigenvalue weighted by Crippen LogP contribution is -2.44. The summed E-state index contributed by atoms with van der Waals surface area (Å²) in [4.78, 5) is 13.1. The molecule has 0 aromatic heterocycles. The van der Waals surface area contributed by atoms with Gasteiger partial charge in [-0.25, -0.2) is 4.79 Å². The zero-order valence-corrected chi connectivity index (χ0v) is 8.99. The van der Waals surface area contributed by atoms with E-state index in [-0.39, 0.29) is 6.09 Å². The van der Waals surface area contributed by atoms with Crippen LogP contribution in [0, 0.1) is 6.42 Å². The lowest BCUT2D eigenvalue weighted by molar-refractivity contribution is 0.0118. The highest BCUT2D eigenvalue weighted by Crippen LogP contribution is 2.14. The van der Waals surface area contributed by atoms with Crippen LogP contribution in [0.4, 0.5) is 4.79 Å². The number of nitrogens with zero attached hydrogens (tertiary/aromatic N) is 1. The predicted octanol–water partition coefficient (Wildman–Crippen LogP) is 1.19. The molecule has 4 heteroatoms. The Kier molecular flexibility index (Phi) is 3.26. The van der Waals surface area contributed by atoms with E-state index >= 15 is 0 Å². The van der Waals surface area contributed by atoms with Gasteiger partial charge < -0.3 is 9.84 Å². The number of aliphatic hydroxyl groups is 1. The summed E-state index contributed by atoms with van der Waals surface area (Å²) in [6.07, 6.45) is 1.67. The molecule has 0 radical (unpaired) electrons. The first-order valence-corrected chi connectivity index (χ1v) is 4.88. The molecule has 0 aromatic carbocycles. The van der Waals surface area contributed by atoms with Gasteiger partial charge in [-0.05, 0) is 20.8 Å². The van der Waals surface area contributed by atoms with Gasteiger partial charge in [-0.15, -0.1) is 0 Å². The molecule has 0 unspecified atom stereocenters. The lowest BCUT2D eigenvalue weighted by atomic mass is 10.1. The minimum absolute atomic E-state index is 0.342. The molecule has 0 aromatic rings. The fourth-order valence-corrected chi connectivity index (χ4v) is 1.31. The van der Waals surface area contributed by atoms with Crippen molar-refractivity contribution in [1.29, 1.82) is 0 Å². The number of hydrogen-bond donors (Lipinski definition) is 1. The van der Waals surface area contributed by atoms with Crippen molar-refractivity contribution in [3.8, 4) is 0 Å². The SMILES string of the molecule is CC(C)(C)OC(=O)N1CC[CH+][C@@H](O)C1. The quantitative estimate of drug-likeness (QED) is 0.598. The summed E-state index contributed by atoms with van der Waals surface area (Å²) in [6, 6.07) is 0. The molecule has 1 atom stereocenters. The first-order chi connectivity index (χ1) is 6.38. The van der Waals surface area contributed by atoms with E-state index in [0.29, 0.717) is 13.1 Å². The molecule has 1 aliphatic rings. The van der Waals surface area contributed by atoms with Crippen LogP contribution in [0.1, 0.15) is 27.2 Å². The summed E-state index contributed by atoms with van der Waals surface area (Å²) in [7, 11) is 0. The highest BCUT2D eigenvalue weighted by atomic mass is 16.6. The number of likely N-dealkylation sites (tertiary alicyclic amines) is 1. The van der Waals surface area contributed by atoms with Gasteiger partial charge in [-0.3, -0.25) is 4.90 Å². The Labute approximate surface area is 84.8 Å². The summed E-state index contributed by atoms with van der Waals surface area (Å²) in [5.41, 5.74) is -0.469. The van der Waals surface area contributed by atoms with E-state index in [1.807, 2.05) is 20.8 Å². The van der Waals surface area contributed by atoms with Gasteiger partial charge >= 0.3 is 6.09 Å². The summed E-state index contributed by atoms with van der Waals surface area (Å²) >= 11 is 0. The molecule has 0 aliphatic carbocycles. The lowest BCUT2D eigenvalue weighted by Gasteiger charge is -2.28. The van der Waals surface area contributed by atoms with Gasteiger partial charge in [-0.1, -0.05) is 0 Å². The Hall–Kier alpha value is -0.900.